The Morgan fingerprint density at radius 1 is 1.00 bits per heavy atom. The number of phenols is 1. The van der Waals surface area contributed by atoms with Gasteiger partial charge in [0.05, 0.1) is 0 Å². The number of allylic oxidation sites excluding steroid dienone is 2. The van der Waals surface area contributed by atoms with E-state index in [1.807, 2.05) is 18.3 Å². The molecule has 0 radical (unpaired) electrons. The first-order chi connectivity index (χ1) is 11.8. The van der Waals surface area contributed by atoms with Gasteiger partial charge in [-0.15, -0.1) is 0 Å². The summed E-state index contributed by atoms with van der Waals surface area (Å²) < 4.78 is 0. The second-order valence-corrected chi connectivity index (χ2v) is 6.40. The molecule has 2 aromatic rings. The summed E-state index contributed by atoms with van der Waals surface area (Å²) >= 11 is 0. The molecule has 24 heavy (non-hydrogen) atoms. The highest BCUT2D eigenvalue weighted by Crippen LogP contribution is 2.42. The van der Waals surface area contributed by atoms with Crippen LogP contribution >= 0.6 is 0 Å². The van der Waals surface area contributed by atoms with Gasteiger partial charge in [-0.1, -0.05) is 24.6 Å². The fourth-order valence-electron chi connectivity index (χ4n) is 3.63. The predicted octanol–water partition coefficient (Wildman–Crippen LogP) is 4.59. The Bertz CT molecular complexity index is 707. The summed E-state index contributed by atoms with van der Waals surface area (Å²) in [6, 6.07) is 9.95. The van der Waals surface area contributed by atoms with Crippen LogP contribution in [0, 0.1) is 0 Å². The van der Waals surface area contributed by atoms with Crippen molar-refractivity contribution in [1.82, 2.24) is 4.98 Å². The van der Waals surface area contributed by atoms with Gasteiger partial charge in [0.2, 0.25) is 0 Å². The quantitative estimate of drug-likeness (QED) is 0.765. The second-order valence-electron chi connectivity index (χ2n) is 6.40. The Kier molecular flexibility index (Phi) is 5.65. The molecule has 3 rings (SSSR count). The molecule has 0 saturated heterocycles. The molecule has 0 bridgehead atoms. The molecule has 0 saturated carbocycles. The Hall–Kier alpha value is -2.13. The number of benzene rings is 1. The molecular weight excluding hydrogens is 298 g/mol. The van der Waals surface area contributed by atoms with Gasteiger partial charge in [0.15, 0.2) is 0 Å². The maximum absolute atomic E-state index is 10.5. The molecule has 0 amide bonds. The van der Waals surface area contributed by atoms with E-state index in [1.54, 1.807) is 12.3 Å². The van der Waals surface area contributed by atoms with Crippen LogP contribution in [0.4, 0.5) is 0 Å². The first-order valence-corrected chi connectivity index (χ1v) is 8.85. The Balaban J connectivity index is 2.05. The van der Waals surface area contributed by atoms with Crippen LogP contribution in [0.1, 0.15) is 55.2 Å². The molecule has 0 unspecified atom stereocenters. The second kappa shape index (κ2) is 8.11. The maximum atomic E-state index is 10.5. The number of rotatable bonds is 6. The molecule has 1 aliphatic carbocycles. The smallest absolute Gasteiger partial charge is 0.123 e. The molecule has 0 spiro atoms. The van der Waals surface area contributed by atoms with E-state index in [1.165, 1.54) is 16.7 Å². The van der Waals surface area contributed by atoms with Gasteiger partial charge in [0.1, 0.15) is 5.75 Å². The first kappa shape index (κ1) is 16.7. The van der Waals surface area contributed by atoms with E-state index in [0.29, 0.717) is 5.75 Å². The van der Waals surface area contributed by atoms with E-state index in [9.17, 15) is 5.11 Å². The van der Waals surface area contributed by atoms with E-state index < -0.39 is 0 Å². The van der Waals surface area contributed by atoms with Crippen LogP contribution in [0.15, 0.2) is 42.7 Å². The van der Waals surface area contributed by atoms with Crippen molar-refractivity contribution in [3.63, 3.8) is 0 Å². The number of unbranched alkanes of at least 4 members (excludes halogenated alkanes) is 2. The van der Waals surface area contributed by atoms with Gasteiger partial charge < -0.3 is 10.2 Å². The van der Waals surface area contributed by atoms with Crippen LogP contribution in [0.25, 0.3) is 11.1 Å². The lowest BCUT2D eigenvalue weighted by Gasteiger charge is -2.17. The zero-order valence-electron chi connectivity index (χ0n) is 14.0. The molecule has 2 N–H and O–H groups in total. The highest BCUT2D eigenvalue weighted by Gasteiger charge is 2.21. The minimum absolute atomic E-state index is 0.246. The standard InChI is InChI=1S/C21H25NO2/c23-14-3-1-2-10-19-18(17-9-6-13-22-15-17)11-4-7-16-8-5-12-20(24)21(16)19/h5-6,8-9,12-13,15,23-24H,1-4,7,10-11,14H2. The monoisotopic (exact) mass is 323 g/mol. The average Bonchev–Trinajstić information content (AvgIpc) is 2.80. The summed E-state index contributed by atoms with van der Waals surface area (Å²) in [5.41, 5.74) is 5.99. The number of pyridine rings is 1. The van der Waals surface area contributed by atoms with Gasteiger partial charge in [-0.2, -0.15) is 0 Å². The molecule has 0 atom stereocenters. The minimum Gasteiger partial charge on any atom is -0.507 e. The van der Waals surface area contributed by atoms with Gasteiger partial charge in [-0.05, 0) is 72.9 Å². The topological polar surface area (TPSA) is 53.4 Å². The van der Waals surface area contributed by atoms with Crippen molar-refractivity contribution in [1.29, 1.82) is 0 Å². The predicted molar refractivity (Wildman–Crippen MR) is 97.6 cm³/mol. The number of fused-ring (bicyclic) bond motifs is 1. The zero-order chi connectivity index (χ0) is 16.8. The van der Waals surface area contributed by atoms with Crippen LogP contribution < -0.4 is 0 Å². The van der Waals surface area contributed by atoms with Gasteiger partial charge in [-0.3, -0.25) is 4.98 Å². The van der Waals surface area contributed by atoms with E-state index in [0.717, 1.165) is 56.1 Å². The highest BCUT2D eigenvalue weighted by atomic mass is 16.3. The number of aliphatic hydroxyl groups excluding tert-OH is 1. The molecule has 1 aromatic carbocycles. The molecule has 1 aromatic heterocycles. The summed E-state index contributed by atoms with van der Waals surface area (Å²) in [5, 5.41) is 19.5. The number of aromatic hydroxyl groups is 1. The van der Waals surface area contributed by atoms with Crippen LogP contribution in [-0.2, 0) is 6.42 Å². The fraction of sp³-hybridized carbons (Fsp3) is 0.381. The van der Waals surface area contributed by atoms with Crippen LogP contribution in [0.2, 0.25) is 0 Å². The number of hydrogen-bond donors (Lipinski definition) is 2. The van der Waals surface area contributed by atoms with Crippen molar-refractivity contribution >= 4 is 11.1 Å². The third kappa shape index (κ3) is 3.68. The molecule has 0 fully saturated rings. The van der Waals surface area contributed by atoms with Crippen LogP contribution in [0.5, 0.6) is 5.75 Å². The van der Waals surface area contributed by atoms with Crippen molar-refractivity contribution in [2.24, 2.45) is 0 Å². The Labute approximate surface area is 143 Å². The fourth-order valence-corrected chi connectivity index (χ4v) is 3.63. The highest BCUT2D eigenvalue weighted by molar-refractivity contribution is 5.93. The van der Waals surface area contributed by atoms with Gasteiger partial charge in [-0.25, -0.2) is 0 Å². The van der Waals surface area contributed by atoms with E-state index >= 15 is 0 Å². The largest absolute Gasteiger partial charge is 0.507 e. The van der Waals surface area contributed by atoms with Crippen molar-refractivity contribution < 1.29 is 10.2 Å². The lowest BCUT2D eigenvalue weighted by Crippen LogP contribution is -1.96. The van der Waals surface area contributed by atoms with Crippen molar-refractivity contribution in [3.05, 3.63) is 59.4 Å². The molecule has 126 valence electrons. The van der Waals surface area contributed by atoms with Crippen molar-refractivity contribution in [2.75, 3.05) is 6.61 Å². The number of nitrogens with zero attached hydrogens (tertiary/aromatic N) is 1. The van der Waals surface area contributed by atoms with E-state index in [2.05, 4.69) is 17.1 Å². The van der Waals surface area contributed by atoms with Crippen LogP contribution in [0.3, 0.4) is 0 Å². The summed E-state index contributed by atoms with van der Waals surface area (Å²) in [6.45, 7) is 0.246. The SMILES string of the molecule is OCCCCCC1=C(c2cccnc2)CCCc2cccc(O)c21. The molecule has 1 heterocycles. The molecular formula is C21H25NO2. The molecule has 3 nitrogen and oxygen atoms in total. The summed E-state index contributed by atoms with van der Waals surface area (Å²) in [7, 11) is 0. The lowest BCUT2D eigenvalue weighted by atomic mass is 9.89. The molecule has 0 aliphatic heterocycles. The molecule has 3 heteroatoms. The number of phenolic OH excluding ortho intramolecular Hbond substituents is 1. The third-order valence-corrected chi connectivity index (χ3v) is 4.76. The maximum Gasteiger partial charge on any atom is 0.123 e. The van der Waals surface area contributed by atoms with E-state index in [-0.39, 0.29) is 6.61 Å². The number of aryl methyl sites for hydroxylation is 1. The first-order valence-electron chi connectivity index (χ1n) is 8.85. The van der Waals surface area contributed by atoms with Crippen molar-refractivity contribution in [2.45, 2.75) is 44.9 Å². The van der Waals surface area contributed by atoms with Gasteiger partial charge >= 0.3 is 0 Å². The molecule has 1 aliphatic rings. The summed E-state index contributed by atoms with van der Waals surface area (Å²) in [6.07, 6.45) is 10.6. The Morgan fingerprint density at radius 2 is 1.92 bits per heavy atom. The zero-order valence-corrected chi connectivity index (χ0v) is 14.0. The number of aromatic nitrogens is 1. The number of aliphatic hydroxyl groups is 1. The van der Waals surface area contributed by atoms with E-state index in [4.69, 9.17) is 5.11 Å². The number of hydrogen-bond acceptors (Lipinski definition) is 3. The van der Waals surface area contributed by atoms with Gasteiger partial charge in [0.25, 0.3) is 0 Å². The van der Waals surface area contributed by atoms with Crippen LogP contribution in [-0.4, -0.2) is 21.8 Å². The third-order valence-electron chi connectivity index (χ3n) is 4.76. The Morgan fingerprint density at radius 3 is 2.71 bits per heavy atom. The summed E-state index contributed by atoms with van der Waals surface area (Å²) in [5.74, 6) is 0.382. The lowest BCUT2D eigenvalue weighted by molar-refractivity contribution is 0.283. The minimum atomic E-state index is 0.246. The summed E-state index contributed by atoms with van der Waals surface area (Å²) in [4.78, 5) is 4.28. The van der Waals surface area contributed by atoms with Crippen molar-refractivity contribution in [3.8, 4) is 5.75 Å². The average molecular weight is 323 g/mol. The normalized spacial score (nSPS) is 14.4. The van der Waals surface area contributed by atoms with Gasteiger partial charge in [0, 0.05) is 24.6 Å².